The van der Waals surface area contributed by atoms with E-state index in [0.29, 0.717) is 12.0 Å². The van der Waals surface area contributed by atoms with E-state index in [1.165, 1.54) is 32.2 Å². The summed E-state index contributed by atoms with van der Waals surface area (Å²) in [7, 11) is 0. The monoisotopic (exact) mass is 212 g/mol. The van der Waals surface area contributed by atoms with Crippen LogP contribution in [-0.4, -0.2) is 43.3 Å². The molecule has 0 saturated carbocycles. The Hall–Kier alpha value is -0.120. The third-order valence-electron chi connectivity index (χ3n) is 3.97. The molecule has 0 amide bonds. The van der Waals surface area contributed by atoms with Gasteiger partial charge in [-0.05, 0) is 45.1 Å². The highest BCUT2D eigenvalue weighted by atomic mass is 16.5. The normalized spacial score (nSPS) is 39.2. The molecule has 2 heterocycles. The van der Waals surface area contributed by atoms with E-state index in [2.05, 4.69) is 11.8 Å². The maximum absolute atomic E-state index is 5.78. The van der Waals surface area contributed by atoms with Crippen molar-refractivity contribution in [3.63, 3.8) is 0 Å². The number of piperidine rings is 1. The molecule has 2 aliphatic rings. The molecule has 0 bridgehead atoms. The molecule has 2 saturated heterocycles. The average Bonchev–Trinajstić information content (AvgIpc) is 2.31. The van der Waals surface area contributed by atoms with Crippen molar-refractivity contribution in [2.45, 2.75) is 44.7 Å². The van der Waals surface area contributed by atoms with E-state index in [1.807, 2.05) is 0 Å². The molecule has 15 heavy (non-hydrogen) atoms. The predicted molar refractivity (Wildman–Crippen MR) is 61.8 cm³/mol. The third-order valence-corrected chi connectivity index (χ3v) is 3.97. The first kappa shape index (κ1) is 11.4. The number of hydrogen-bond acceptors (Lipinski definition) is 3. The number of hydrogen-bond donors (Lipinski definition) is 1. The lowest BCUT2D eigenvalue weighted by Crippen LogP contribution is -2.51. The number of rotatable bonds is 2. The molecule has 2 rings (SSSR count). The van der Waals surface area contributed by atoms with Crippen molar-refractivity contribution < 1.29 is 4.74 Å². The Labute approximate surface area is 93.0 Å². The summed E-state index contributed by atoms with van der Waals surface area (Å²) in [5.41, 5.74) is 5.78. The maximum Gasteiger partial charge on any atom is 0.0621 e. The summed E-state index contributed by atoms with van der Waals surface area (Å²) in [6.45, 7) is 6.27. The summed E-state index contributed by atoms with van der Waals surface area (Å²) < 4.78 is 5.58. The molecule has 0 aliphatic carbocycles. The fourth-order valence-electron chi connectivity index (χ4n) is 2.90. The zero-order valence-corrected chi connectivity index (χ0v) is 9.82. The average molecular weight is 212 g/mol. The summed E-state index contributed by atoms with van der Waals surface area (Å²) in [6, 6.07) is 1.38. The molecule has 88 valence electrons. The molecular weight excluding hydrogens is 188 g/mol. The summed E-state index contributed by atoms with van der Waals surface area (Å²) in [5, 5.41) is 0. The van der Waals surface area contributed by atoms with E-state index in [-0.39, 0.29) is 0 Å². The second kappa shape index (κ2) is 5.28. The van der Waals surface area contributed by atoms with Crippen LogP contribution < -0.4 is 5.73 Å². The Bertz CT molecular complexity index is 192. The van der Waals surface area contributed by atoms with Gasteiger partial charge in [-0.25, -0.2) is 0 Å². The lowest BCUT2D eigenvalue weighted by molar-refractivity contribution is -0.0180. The van der Waals surface area contributed by atoms with Crippen LogP contribution in [0, 0.1) is 5.92 Å². The van der Waals surface area contributed by atoms with Gasteiger partial charge in [-0.15, -0.1) is 0 Å². The van der Waals surface area contributed by atoms with Gasteiger partial charge in [-0.3, -0.25) is 4.90 Å². The van der Waals surface area contributed by atoms with Crippen LogP contribution in [0.3, 0.4) is 0 Å². The Kier molecular flexibility index (Phi) is 4.00. The summed E-state index contributed by atoms with van der Waals surface area (Å²) >= 11 is 0. The van der Waals surface area contributed by atoms with Crippen molar-refractivity contribution in [2.24, 2.45) is 11.7 Å². The van der Waals surface area contributed by atoms with Crippen molar-refractivity contribution in [1.82, 2.24) is 4.90 Å². The molecule has 2 fully saturated rings. The largest absolute Gasteiger partial charge is 0.380 e. The smallest absolute Gasteiger partial charge is 0.0621 e. The zero-order chi connectivity index (χ0) is 10.7. The summed E-state index contributed by atoms with van der Waals surface area (Å²) in [6.07, 6.45) is 5.14. The van der Waals surface area contributed by atoms with Gasteiger partial charge in [0.2, 0.25) is 0 Å². The van der Waals surface area contributed by atoms with Gasteiger partial charge in [0.15, 0.2) is 0 Å². The van der Waals surface area contributed by atoms with Crippen LogP contribution in [0.2, 0.25) is 0 Å². The highest BCUT2D eigenvalue weighted by Gasteiger charge is 2.31. The first-order valence-corrected chi connectivity index (χ1v) is 6.35. The Morgan fingerprint density at radius 2 is 2.20 bits per heavy atom. The maximum atomic E-state index is 5.78. The van der Waals surface area contributed by atoms with Crippen LogP contribution in [-0.2, 0) is 4.74 Å². The first-order valence-electron chi connectivity index (χ1n) is 6.35. The molecule has 0 aromatic rings. The van der Waals surface area contributed by atoms with Crippen LogP contribution >= 0.6 is 0 Å². The Morgan fingerprint density at radius 1 is 1.33 bits per heavy atom. The molecule has 2 aliphatic heterocycles. The van der Waals surface area contributed by atoms with Crippen LogP contribution in [0.1, 0.15) is 32.6 Å². The molecule has 0 aromatic carbocycles. The molecule has 3 unspecified atom stereocenters. The first-order chi connectivity index (χ1) is 7.31. The Morgan fingerprint density at radius 3 is 2.87 bits per heavy atom. The standard InChI is InChI=1S/C12H24N2O/c1-10-4-5-11(7-13)8-14(10)12-3-2-6-15-9-12/h10-12H,2-9,13H2,1H3. The van der Waals surface area contributed by atoms with Crippen LogP contribution in [0.25, 0.3) is 0 Å². The van der Waals surface area contributed by atoms with Crippen molar-refractivity contribution in [2.75, 3.05) is 26.3 Å². The van der Waals surface area contributed by atoms with E-state index in [0.717, 1.165) is 25.8 Å². The minimum Gasteiger partial charge on any atom is -0.380 e. The van der Waals surface area contributed by atoms with Gasteiger partial charge in [0.05, 0.1) is 6.61 Å². The highest BCUT2D eigenvalue weighted by molar-refractivity contribution is 4.85. The summed E-state index contributed by atoms with van der Waals surface area (Å²) in [5.74, 6) is 0.711. The van der Waals surface area contributed by atoms with E-state index in [9.17, 15) is 0 Å². The Balaban J connectivity index is 1.92. The van der Waals surface area contributed by atoms with Gasteiger partial charge < -0.3 is 10.5 Å². The van der Waals surface area contributed by atoms with Gasteiger partial charge in [0.25, 0.3) is 0 Å². The topological polar surface area (TPSA) is 38.5 Å². The quantitative estimate of drug-likeness (QED) is 0.748. The minimum absolute atomic E-state index is 0.656. The lowest BCUT2D eigenvalue weighted by Gasteiger charge is -2.43. The fourth-order valence-corrected chi connectivity index (χ4v) is 2.90. The number of ether oxygens (including phenoxy) is 1. The zero-order valence-electron chi connectivity index (χ0n) is 9.82. The highest BCUT2D eigenvalue weighted by Crippen LogP contribution is 2.26. The second-order valence-electron chi connectivity index (χ2n) is 5.10. The van der Waals surface area contributed by atoms with Crippen LogP contribution in [0.5, 0.6) is 0 Å². The molecule has 2 N–H and O–H groups in total. The van der Waals surface area contributed by atoms with Gasteiger partial charge in [-0.2, -0.15) is 0 Å². The molecule has 0 aromatic heterocycles. The van der Waals surface area contributed by atoms with Crippen molar-refractivity contribution >= 4 is 0 Å². The van der Waals surface area contributed by atoms with Crippen molar-refractivity contribution in [1.29, 1.82) is 0 Å². The predicted octanol–water partition coefficient (Wildman–Crippen LogP) is 1.22. The fraction of sp³-hybridized carbons (Fsp3) is 1.00. The van der Waals surface area contributed by atoms with Crippen LogP contribution in [0.15, 0.2) is 0 Å². The molecular formula is C12H24N2O. The van der Waals surface area contributed by atoms with E-state index < -0.39 is 0 Å². The van der Waals surface area contributed by atoms with Crippen molar-refractivity contribution in [3.05, 3.63) is 0 Å². The van der Waals surface area contributed by atoms with Gasteiger partial charge >= 0.3 is 0 Å². The molecule has 0 spiro atoms. The van der Waals surface area contributed by atoms with Gasteiger partial charge in [0.1, 0.15) is 0 Å². The third kappa shape index (κ3) is 2.71. The van der Waals surface area contributed by atoms with Crippen molar-refractivity contribution in [3.8, 4) is 0 Å². The second-order valence-corrected chi connectivity index (χ2v) is 5.10. The SMILES string of the molecule is CC1CCC(CN)CN1C1CCCOC1. The number of nitrogens with two attached hydrogens (primary N) is 1. The molecule has 3 atom stereocenters. The van der Waals surface area contributed by atoms with E-state index in [4.69, 9.17) is 10.5 Å². The number of nitrogens with zero attached hydrogens (tertiary/aromatic N) is 1. The molecule has 0 radical (unpaired) electrons. The van der Waals surface area contributed by atoms with Gasteiger partial charge in [0, 0.05) is 25.2 Å². The van der Waals surface area contributed by atoms with E-state index in [1.54, 1.807) is 0 Å². The van der Waals surface area contributed by atoms with E-state index >= 15 is 0 Å². The summed E-state index contributed by atoms with van der Waals surface area (Å²) in [4.78, 5) is 2.64. The molecule has 3 heteroatoms. The minimum atomic E-state index is 0.656. The van der Waals surface area contributed by atoms with Gasteiger partial charge in [-0.1, -0.05) is 0 Å². The number of likely N-dealkylation sites (tertiary alicyclic amines) is 1. The lowest BCUT2D eigenvalue weighted by atomic mass is 9.91. The molecule has 3 nitrogen and oxygen atoms in total. The van der Waals surface area contributed by atoms with Crippen LogP contribution in [0.4, 0.5) is 0 Å².